The summed E-state index contributed by atoms with van der Waals surface area (Å²) < 4.78 is 14.6. The highest BCUT2D eigenvalue weighted by molar-refractivity contribution is 7.70. The summed E-state index contributed by atoms with van der Waals surface area (Å²) in [6.45, 7) is -2.07. The predicted octanol–water partition coefficient (Wildman–Crippen LogP) is -1.85. The van der Waals surface area contributed by atoms with Gasteiger partial charge in [-0.25, -0.2) is 9.36 Å². The fourth-order valence-electron chi connectivity index (χ4n) is 0.632. The summed E-state index contributed by atoms with van der Waals surface area (Å²) in [6.07, 6.45) is -3.92. The third-order valence-corrected chi connectivity index (χ3v) is 2.49. The molecule has 0 aromatic carbocycles. The van der Waals surface area contributed by atoms with E-state index in [1.54, 1.807) is 0 Å². The molecule has 0 aliphatic heterocycles. The van der Waals surface area contributed by atoms with Crippen LogP contribution in [0.5, 0.6) is 0 Å². The second kappa shape index (κ2) is 6.04. The number of Topliss-reactive ketones (excluding diaryl/α,β-unsaturated/α-hetero) is 1. The third-order valence-electron chi connectivity index (χ3n) is 1.51. The Kier molecular flexibility index (Phi) is 5.73. The first-order chi connectivity index (χ1) is 7.22. The summed E-state index contributed by atoms with van der Waals surface area (Å²) in [6, 6.07) is 0. The zero-order valence-electron chi connectivity index (χ0n) is 7.89. The molecule has 0 saturated heterocycles. The maximum Gasteiger partial charge on any atom is 0.435 e. The normalized spacial score (nSPS) is 18.5. The number of aliphatic hydroxyl groups is 3. The second-order valence-electron chi connectivity index (χ2n) is 2.74. The maximum absolute atomic E-state index is 10.7. The Labute approximate surface area is 89.4 Å². The molecule has 10 heteroatoms. The molecule has 1 unspecified atom stereocenters. The van der Waals surface area contributed by atoms with Gasteiger partial charge in [0.15, 0.2) is 5.78 Å². The summed E-state index contributed by atoms with van der Waals surface area (Å²) in [4.78, 5) is 29.4. The van der Waals surface area contributed by atoms with E-state index >= 15 is 0 Å². The molecule has 0 saturated carbocycles. The minimum Gasteiger partial charge on any atom is -0.472 e. The van der Waals surface area contributed by atoms with E-state index < -0.39 is 44.5 Å². The Morgan fingerprint density at radius 3 is 2.19 bits per heavy atom. The van der Waals surface area contributed by atoms with Crippen LogP contribution in [0.15, 0.2) is 0 Å². The summed E-state index contributed by atoms with van der Waals surface area (Å²) in [5.74, 6) is -1.13. The van der Waals surface area contributed by atoms with Crippen molar-refractivity contribution in [2.75, 3.05) is 13.2 Å². The highest BCUT2D eigenvalue weighted by Crippen LogP contribution is 2.42. The van der Waals surface area contributed by atoms with Gasteiger partial charge in [0, 0.05) is 0 Å². The van der Waals surface area contributed by atoms with Gasteiger partial charge in [-0.1, -0.05) is 0 Å². The molecule has 0 heterocycles. The van der Waals surface area contributed by atoms with Gasteiger partial charge >= 0.3 is 13.3 Å². The van der Waals surface area contributed by atoms with Crippen molar-refractivity contribution < 1.29 is 44.0 Å². The molecule has 16 heavy (non-hydrogen) atoms. The van der Waals surface area contributed by atoms with Gasteiger partial charge < -0.3 is 25.3 Å². The van der Waals surface area contributed by atoms with Gasteiger partial charge in [-0.05, 0) is 0 Å². The number of carboxylic acid groups (broad SMARTS) is 1. The minimum atomic E-state index is -4.92. The van der Waals surface area contributed by atoms with E-state index in [4.69, 9.17) is 25.3 Å². The third kappa shape index (κ3) is 4.35. The Bertz CT molecular complexity index is 313. The molecular weight excluding hydrogens is 247 g/mol. The molecule has 94 valence electrons. The van der Waals surface area contributed by atoms with Gasteiger partial charge in [-0.2, -0.15) is 0 Å². The van der Waals surface area contributed by atoms with Gasteiger partial charge in [-0.3, -0.25) is 9.32 Å². The molecule has 0 fully saturated rings. The molecule has 0 spiro atoms. The van der Waals surface area contributed by atoms with Crippen molar-refractivity contribution in [3.63, 3.8) is 0 Å². The van der Waals surface area contributed by atoms with Crippen molar-refractivity contribution in [3.05, 3.63) is 0 Å². The Balaban J connectivity index is 4.27. The van der Waals surface area contributed by atoms with Crippen LogP contribution >= 0.6 is 7.60 Å². The molecule has 0 aromatic rings. The van der Waals surface area contributed by atoms with E-state index in [0.29, 0.717) is 0 Å². The quantitative estimate of drug-likeness (QED) is 0.330. The summed E-state index contributed by atoms with van der Waals surface area (Å²) in [7, 11) is -4.92. The Morgan fingerprint density at radius 2 is 1.81 bits per heavy atom. The summed E-state index contributed by atoms with van der Waals surface area (Å²) in [5.41, 5.74) is -2.12. The Hall–Kier alpha value is -0.830. The molecular formula is C6H11O9P. The van der Waals surface area contributed by atoms with Crippen LogP contribution in [0.3, 0.4) is 0 Å². The molecule has 5 N–H and O–H groups in total. The van der Waals surface area contributed by atoms with Crippen molar-refractivity contribution in [1.82, 2.24) is 0 Å². The van der Waals surface area contributed by atoms with Crippen LogP contribution in [0, 0.1) is 0 Å². The molecule has 0 aliphatic carbocycles. The first-order valence-electron chi connectivity index (χ1n) is 3.93. The zero-order valence-corrected chi connectivity index (χ0v) is 8.78. The van der Waals surface area contributed by atoms with E-state index in [9.17, 15) is 14.2 Å². The van der Waals surface area contributed by atoms with Crippen LogP contribution in [0.25, 0.3) is 0 Å². The van der Waals surface area contributed by atoms with Crippen LogP contribution in [-0.2, 0) is 13.9 Å². The fourth-order valence-corrected chi connectivity index (χ4v) is 1.10. The second-order valence-corrected chi connectivity index (χ2v) is 4.42. The van der Waals surface area contributed by atoms with E-state index in [1.165, 1.54) is 0 Å². The van der Waals surface area contributed by atoms with E-state index in [-0.39, 0.29) is 0 Å². The highest BCUT2D eigenvalue weighted by Gasteiger charge is 2.33. The molecule has 3 atom stereocenters. The fraction of sp³-hybridized carbons (Fsp3) is 0.667. The van der Waals surface area contributed by atoms with Crippen LogP contribution in [0.2, 0.25) is 0 Å². The predicted molar refractivity (Wildman–Crippen MR) is 47.9 cm³/mol. The smallest absolute Gasteiger partial charge is 0.435 e. The maximum atomic E-state index is 10.7. The van der Waals surface area contributed by atoms with Crippen molar-refractivity contribution in [2.45, 2.75) is 12.2 Å². The standard InChI is InChI=1S/C6H11O9P/c7-1-3(8)5(10)4(9)2-15-16(13,14)6(11)12/h4-5,7,9-10H,1-2H2,(H,11,12)(H,13,14)/t4-,5+/m1/s1. The van der Waals surface area contributed by atoms with Crippen molar-refractivity contribution >= 4 is 19.1 Å². The number of aliphatic hydroxyl groups excluding tert-OH is 3. The molecule has 0 rings (SSSR count). The van der Waals surface area contributed by atoms with Crippen LogP contribution < -0.4 is 0 Å². The zero-order chi connectivity index (χ0) is 12.9. The number of carbonyl (C=O) groups is 2. The van der Waals surface area contributed by atoms with E-state index in [0.717, 1.165) is 0 Å². The number of rotatable bonds is 7. The first kappa shape index (κ1) is 15.2. The van der Waals surface area contributed by atoms with Gasteiger partial charge in [0.25, 0.3) is 0 Å². The lowest BCUT2D eigenvalue weighted by Gasteiger charge is -2.16. The van der Waals surface area contributed by atoms with Crippen LogP contribution in [0.1, 0.15) is 0 Å². The first-order valence-corrected chi connectivity index (χ1v) is 5.50. The largest absolute Gasteiger partial charge is 0.472 e. The van der Waals surface area contributed by atoms with E-state index in [2.05, 4.69) is 4.52 Å². The SMILES string of the molecule is O=C(CO)[C@H](O)[C@H](O)COP(=O)(O)C(=O)O. The van der Waals surface area contributed by atoms with Gasteiger partial charge in [0.1, 0.15) is 18.8 Å². The van der Waals surface area contributed by atoms with Crippen LogP contribution in [0.4, 0.5) is 4.79 Å². The number of hydrogen-bond donors (Lipinski definition) is 5. The number of hydrogen-bond acceptors (Lipinski definition) is 7. The van der Waals surface area contributed by atoms with Crippen molar-refractivity contribution in [2.24, 2.45) is 0 Å². The summed E-state index contributed by atoms with van der Waals surface area (Å²) in [5, 5.41) is 34.5. The lowest BCUT2D eigenvalue weighted by atomic mass is 10.1. The summed E-state index contributed by atoms with van der Waals surface area (Å²) >= 11 is 0. The lowest BCUT2D eigenvalue weighted by Crippen LogP contribution is -2.38. The molecule has 0 amide bonds. The minimum absolute atomic E-state index is 1.03. The highest BCUT2D eigenvalue weighted by atomic mass is 31.2. The van der Waals surface area contributed by atoms with E-state index in [1.807, 2.05) is 0 Å². The molecule has 0 aromatic heterocycles. The molecule has 0 aliphatic rings. The van der Waals surface area contributed by atoms with Crippen molar-refractivity contribution in [3.8, 4) is 0 Å². The average molecular weight is 258 g/mol. The van der Waals surface area contributed by atoms with Crippen molar-refractivity contribution in [1.29, 1.82) is 0 Å². The average Bonchev–Trinajstić information content (AvgIpc) is 2.23. The molecule has 0 bridgehead atoms. The molecule has 9 nitrogen and oxygen atoms in total. The topological polar surface area (TPSA) is 162 Å². The monoisotopic (exact) mass is 258 g/mol. The lowest BCUT2D eigenvalue weighted by molar-refractivity contribution is -0.137. The Morgan fingerprint density at radius 1 is 1.31 bits per heavy atom. The molecule has 0 radical (unpaired) electrons. The number of ketones is 1. The van der Waals surface area contributed by atoms with Gasteiger partial charge in [-0.15, -0.1) is 0 Å². The van der Waals surface area contributed by atoms with Crippen LogP contribution in [-0.4, -0.2) is 62.2 Å². The number of carbonyl (C=O) groups excluding carboxylic acids is 1. The van der Waals surface area contributed by atoms with Gasteiger partial charge in [0.2, 0.25) is 0 Å². The van der Waals surface area contributed by atoms with Gasteiger partial charge in [0.05, 0.1) is 6.61 Å².